The van der Waals surface area contributed by atoms with E-state index in [0.717, 1.165) is 22.7 Å². The van der Waals surface area contributed by atoms with E-state index in [1.54, 1.807) is 33.8 Å². The number of ketones is 1. The number of rotatable bonds is 6. The summed E-state index contributed by atoms with van der Waals surface area (Å²) in [6, 6.07) is 7.43. The van der Waals surface area contributed by atoms with Crippen LogP contribution in [0.1, 0.15) is 11.4 Å². The molecule has 0 saturated carbocycles. The van der Waals surface area contributed by atoms with Gasteiger partial charge in [-0.1, -0.05) is 31.9 Å². The Morgan fingerprint density at radius 2 is 1.35 bits per heavy atom. The van der Waals surface area contributed by atoms with Crippen molar-refractivity contribution in [2.24, 2.45) is 0 Å². The van der Waals surface area contributed by atoms with Crippen LogP contribution >= 0.6 is 31.9 Å². The number of imidazole rings is 2. The zero-order chi connectivity index (χ0) is 18.1. The first-order valence-electron chi connectivity index (χ1n) is 8.00. The number of hydrogen-bond acceptors (Lipinski definition) is 5. The maximum absolute atomic E-state index is 12.8. The van der Waals surface area contributed by atoms with E-state index in [2.05, 4.69) is 52.0 Å². The van der Waals surface area contributed by atoms with E-state index < -0.39 is 0 Å². The maximum atomic E-state index is 12.8. The summed E-state index contributed by atoms with van der Waals surface area (Å²) in [5, 5.41) is 8.57. The van der Waals surface area contributed by atoms with Crippen molar-refractivity contribution >= 4 is 48.9 Å². The number of carbonyl (C=O) groups is 1. The molecule has 132 valence electrons. The van der Waals surface area contributed by atoms with Gasteiger partial charge in [0.1, 0.15) is 0 Å². The van der Waals surface area contributed by atoms with Gasteiger partial charge in [-0.25, -0.2) is 19.0 Å². The fraction of sp³-hybridized carbons (Fsp3) is 0.235. The maximum Gasteiger partial charge on any atom is 0.160 e. The Morgan fingerprint density at radius 1 is 0.885 bits per heavy atom. The Bertz CT molecular complexity index is 991. The van der Waals surface area contributed by atoms with E-state index in [-0.39, 0.29) is 15.4 Å². The lowest BCUT2D eigenvalue weighted by molar-refractivity contribution is -0.117. The third-order valence-electron chi connectivity index (χ3n) is 4.09. The fourth-order valence-electron chi connectivity index (χ4n) is 2.80. The van der Waals surface area contributed by atoms with Crippen molar-refractivity contribution in [2.45, 2.75) is 22.5 Å². The largest absolute Gasteiger partial charge is 0.297 e. The quantitative estimate of drug-likeness (QED) is 0.399. The van der Waals surface area contributed by atoms with Crippen molar-refractivity contribution in [3.8, 4) is 0 Å². The summed E-state index contributed by atoms with van der Waals surface area (Å²) in [5.74, 6) is 0.0572. The summed E-state index contributed by atoms with van der Waals surface area (Å²) < 4.78 is 3.50. The SMILES string of the molecule is O=C(C(Br)Cc1cnc2cccnn12)C(Br)Cc1cnc2cccnn12. The molecule has 4 heterocycles. The van der Waals surface area contributed by atoms with Crippen molar-refractivity contribution < 1.29 is 4.79 Å². The first kappa shape index (κ1) is 17.3. The van der Waals surface area contributed by atoms with Crippen molar-refractivity contribution in [2.75, 3.05) is 0 Å². The predicted molar refractivity (Wildman–Crippen MR) is 104 cm³/mol. The average Bonchev–Trinajstić information content (AvgIpc) is 3.26. The van der Waals surface area contributed by atoms with E-state index in [1.807, 2.05) is 24.3 Å². The molecule has 0 aromatic carbocycles. The van der Waals surface area contributed by atoms with Crippen molar-refractivity contribution in [3.63, 3.8) is 0 Å². The minimum Gasteiger partial charge on any atom is -0.297 e. The highest BCUT2D eigenvalue weighted by Crippen LogP contribution is 2.20. The molecule has 4 aromatic heterocycles. The van der Waals surface area contributed by atoms with Gasteiger partial charge in [0.2, 0.25) is 0 Å². The number of Topliss-reactive ketones (excluding diaryl/α,β-unsaturated/α-hetero) is 1. The van der Waals surface area contributed by atoms with Crippen LogP contribution in [0.3, 0.4) is 0 Å². The highest BCUT2D eigenvalue weighted by atomic mass is 79.9. The normalized spacial score (nSPS) is 13.9. The molecule has 0 saturated heterocycles. The molecule has 2 atom stereocenters. The fourth-order valence-corrected chi connectivity index (χ4v) is 4.46. The van der Waals surface area contributed by atoms with E-state index >= 15 is 0 Å². The number of carbonyl (C=O) groups excluding carboxylic acids is 1. The van der Waals surface area contributed by atoms with Crippen LogP contribution in [0.25, 0.3) is 11.3 Å². The minimum atomic E-state index is -0.346. The van der Waals surface area contributed by atoms with Gasteiger partial charge < -0.3 is 0 Å². The average molecular weight is 478 g/mol. The smallest absolute Gasteiger partial charge is 0.160 e. The van der Waals surface area contributed by atoms with Gasteiger partial charge in [0.15, 0.2) is 17.1 Å². The molecular formula is C17H14Br2N6O. The monoisotopic (exact) mass is 476 g/mol. The second kappa shape index (κ2) is 7.24. The summed E-state index contributed by atoms with van der Waals surface area (Å²) in [5.41, 5.74) is 3.29. The zero-order valence-electron chi connectivity index (χ0n) is 13.5. The van der Waals surface area contributed by atoms with Crippen LogP contribution in [0.2, 0.25) is 0 Å². The molecule has 2 unspecified atom stereocenters. The lowest BCUT2D eigenvalue weighted by atomic mass is 10.1. The standard InChI is InChI=1S/C17H14Br2N6O/c18-13(7-11-9-20-15-3-1-5-22-24(11)15)17(26)14(19)8-12-10-21-16-4-2-6-23-25(12)16/h1-6,9-10,13-14H,7-8H2. The summed E-state index contributed by atoms with van der Waals surface area (Å²) in [7, 11) is 0. The van der Waals surface area contributed by atoms with Crippen LogP contribution in [0, 0.1) is 0 Å². The Hall–Kier alpha value is -2.13. The molecule has 7 nitrogen and oxygen atoms in total. The van der Waals surface area contributed by atoms with Crippen LogP contribution in [0.5, 0.6) is 0 Å². The molecule has 9 heteroatoms. The van der Waals surface area contributed by atoms with Gasteiger partial charge in [0, 0.05) is 25.2 Å². The second-order valence-corrected chi connectivity index (χ2v) is 8.04. The van der Waals surface area contributed by atoms with Gasteiger partial charge in [0.05, 0.1) is 33.4 Å². The van der Waals surface area contributed by atoms with E-state index in [9.17, 15) is 4.79 Å². The third kappa shape index (κ3) is 3.28. The van der Waals surface area contributed by atoms with Gasteiger partial charge in [-0.2, -0.15) is 10.2 Å². The molecule has 0 aliphatic heterocycles. The number of hydrogen-bond donors (Lipinski definition) is 0. The van der Waals surface area contributed by atoms with Crippen molar-refractivity contribution in [1.82, 2.24) is 29.2 Å². The summed E-state index contributed by atoms with van der Waals surface area (Å²) in [4.78, 5) is 20.7. The number of fused-ring (bicyclic) bond motifs is 2. The van der Waals surface area contributed by atoms with Gasteiger partial charge in [-0.05, 0) is 24.3 Å². The first-order chi connectivity index (χ1) is 12.6. The second-order valence-electron chi connectivity index (χ2n) is 5.83. The first-order valence-corrected chi connectivity index (χ1v) is 9.84. The van der Waals surface area contributed by atoms with Gasteiger partial charge in [0.25, 0.3) is 0 Å². The number of alkyl halides is 2. The Morgan fingerprint density at radius 3 is 1.81 bits per heavy atom. The number of aromatic nitrogens is 6. The molecule has 0 N–H and O–H groups in total. The molecule has 4 aromatic rings. The highest BCUT2D eigenvalue weighted by molar-refractivity contribution is 9.10. The summed E-state index contributed by atoms with van der Waals surface area (Å²) in [6.45, 7) is 0. The summed E-state index contributed by atoms with van der Waals surface area (Å²) in [6.07, 6.45) is 7.92. The Balaban J connectivity index is 1.47. The molecule has 0 bridgehead atoms. The van der Waals surface area contributed by atoms with Crippen molar-refractivity contribution in [3.05, 3.63) is 60.4 Å². The van der Waals surface area contributed by atoms with Crippen LogP contribution in [-0.4, -0.2) is 44.6 Å². The van der Waals surface area contributed by atoms with E-state index in [4.69, 9.17) is 0 Å². The lowest BCUT2D eigenvalue weighted by Gasteiger charge is -2.13. The molecule has 0 aliphatic rings. The van der Waals surface area contributed by atoms with Gasteiger partial charge in [-0.15, -0.1) is 0 Å². The van der Waals surface area contributed by atoms with E-state index in [0.29, 0.717) is 12.8 Å². The van der Waals surface area contributed by atoms with E-state index in [1.165, 1.54) is 0 Å². The van der Waals surface area contributed by atoms with Crippen LogP contribution in [-0.2, 0) is 17.6 Å². The minimum absolute atomic E-state index is 0.0572. The molecule has 0 fully saturated rings. The number of nitrogens with zero attached hydrogens (tertiary/aromatic N) is 6. The highest BCUT2D eigenvalue weighted by Gasteiger charge is 2.25. The van der Waals surface area contributed by atoms with Crippen LogP contribution in [0.4, 0.5) is 0 Å². The molecule has 0 spiro atoms. The molecule has 26 heavy (non-hydrogen) atoms. The Kier molecular flexibility index (Phi) is 4.82. The van der Waals surface area contributed by atoms with Gasteiger partial charge >= 0.3 is 0 Å². The Labute approximate surface area is 165 Å². The third-order valence-corrected chi connectivity index (χ3v) is 5.64. The molecular weight excluding hydrogens is 464 g/mol. The molecule has 0 aliphatic carbocycles. The van der Waals surface area contributed by atoms with Crippen LogP contribution in [0.15, 0.2) is 49.1 Å². The molecule has 0 amide bonds. The lowest BCUT2D eigenvalue weighted by Crippen LogP contribution is -2.28. The summed E-state index contributed by atoms with van der Waals surface area (Å²) >= 11 is 7.04. The predicted octanol–water partition coefficient (Wildman–Crippen LogP) is 2.65. The molecule has 4 rings (SSSR count). The van der Waals surface area contributed by atoms with Crippen LogP contribution < -0.4 is 0 Å². The molecule has 0 radical (unpaired) electrons. The zero-order valence-corrected chi connectivity index (χ0v) is 16.7. The van der Waals surface area contributed by atoms with Gasteiger partial charge in [-0.3, -0.25) is 4.79 Å². The number of halogens is 2. The topological polar surface area (TPSA) is 77.5 Å². The van der Waals surface area contributed by atoms with Crippen molar-refractivity contribution in [1.29, 1.82) is 0 Å².